The highest BCUT2D eigenvalue weighted by atomic mass is 16.5. The molecule has 1 aromatic carbocycles. The van der Waals surface area contributed by atoms with Crippen LogP contribution in [-0.4, -0.2) is 6.61 Å². The molecule has 1 atom stereocenters. The highest BCUT2D eigenvalue weighted by Gasteiger charge is 2.39. The molecule has 1 unspecified atom stereocenters. The average Bonchev–Trinajstić information content (AvgIpc) is 2.54. The third-order valence-corrected chi connectivity index (χ3v) is 4.89. The summed E-state index contributed by atoms with van der Waals surface area (Å²) in [4.78, 5) is 0. The molecule has 1 aromatic rings. The molecule has 108 valence electrons. The maximum atomic E-state index is 9.10. The van der Waals surface area contributed by atoms with Crippen molar-refractivity contribution in [1.29, 1.82) is 5.26 Å². The third kappa shape index (κ3) is 2.17. The lowest BCUT2D eigenvalue weighted by Crippen LogP contribution is -2.34. The van der Waals surface area contributed by atoms with Crippen molar-refractivity contribution in [2.45, 2.75) is 44.9 Å². The third-order valence-electron chi connectivity index (χ3n) is 4.89. The van der Waals surface area contributed by atoms with Crippen molar-refractivity contribution >= 4 is 0 Å². The topological polar surface area (TPSA) is 33.0 Å². The van der Waals surface area contributed by atoms with Crippen LogP contribution in [0.25, 0.3) is 0 Å². The van der Waals surface area contributed by atoms with Crippen LogP contribution in [0.15, 0.2) is 41.7 Å². The molecule has 2 aliphatic rings. The van der Waals surface area contributed by atoms with E-state index in [2.05, 4.69) is 37.3 Å². The first-order chi connectivity index (χ1) is 10.2. The molecule has 0 amide bonds. The maximum Gasteiger partial charge on any atom is 0.0991 e. The molecule has 2 heteroatoms. The monoisotopic (exact) mass is 279 g/mol. The summed E-state index contributed by atoms with van der Waals surface area (Å²) >= 11 is 0. The van der Waals surface area contributed by atoms with Crippen molar-refractivity contribution < 1.29 is 4.74 Å². The van der Waals surface area contributed by atoms with Crippen molar-refractivity contribution in [3.8, 4) is 6.07 Å². The van der Waals surface area contributed by atoms with Gasteiger partial charge in [0.25, 0.3) is 0 Å². The smallest absolute Gasteiger partial charge is 0.0991 e. The Morgan fingerprint density at radius 3 is 2.90 bits per heavy atom. The Balaban J connectivity index is 2.08. The number of rotatable bonds is 3. The van der Waals surface area contributed by atoms with Crippen LogP contribution >= 0.6 is 0 Å². The lowest BCUT2D eigenvalue weighted by molar-refractivity contribution is 0.204. The Labute approximate surface area is 126 Å². The van der Waals surface area contributed by atoms with Crippen LogP contribution in [0.1, 0.15) is 49.8 Å². The Morgan fingerprint density at radius 1 is 1.33 bits per heavy atom. The number of ether oxygens (including phenoxy) is 1. The van der Waals surface area contributed by atoms with Gasteiger partial charge in [-0.25, -0.2) is 0 Å². The minimum atomic E-state index is 0.113. The molecule has 0 radical (unpaired) electrons. The number of benzene rings is 1. The highest BCUT2D eigenvalue weighted by molar-refractivity contribution is 5.54. The van der Waals surface area contributed by atoms with Crippen molar-refractivity contribution in [3.05, 3.63) is 58.4 Å². The van der Waals surface area contributed by atoms with Crippen LogP contribution in [0, 0.1) is 11.3 Å². The minimum absolute atomic E-state index is 0.113. The molecule has 0 saturated heterocycles. The van der Waals surface area contributed by atoms with E-state index in [1.54, 1.807) is 0 Å². The number of hydrogen-bond donors (Lipinski definition) is 0. The molecular formula is C19H21NO. The predicted octanol–water partition coefficient (Wildman–Crippen LogP) is 4.40. The summed E-state index contributed by atoms with van der Waals surface area (Å²) in [6.45, 7) is 5.04. The average molecular weight is 279 g/mol. The molecule has 2 nitrogen and oxygen atoms in total. The van der Waals surface area contributed by atoms with Crippen molar-refractivity contribution in [2.75, 3.05) is 6.61 Å². The second kappa shape index (κ2) is 5.41. The van der Waals surface area contributed by atoms with Gasteiger partial charge in [-0.2, -0.15) is 5.26 Å². The maximum absolute atomic E-state index is 9.10. The minimum Gasteiger partial charge on any atom is -0.498 e. The van der Waals surface area contributed by atoms with E-state index in [4.69, 9.17) is 10.00 Å². The zero-order valence-electron chi connectivity index (χ0n) is 12.8. The second-order valence-corrected chi connectivity index (χ2v) is 5.83. The summed E-state index contributed by atoms with van der Waals surface area (Å²) in [5.41, 5.74) is 5.00. The van der Waals surface area contributed by atoms with Gasteiger partial charge in [-0.3, -0.25) is 0 Å². The quantitative estimate of drug-likeness (QED) is 0.821. The summed E-state index contributed by atoms with van der Waals surface area (Å²) < 4.78 is 5.72. The van der Waals surface area contributed by atoms with E-state index in [1.807, 2.05) is 13.0 Å². The summed E-state index contributed by atoms with van der Waals surface area (Å²) in [5.74, 6) is 1.12. The van der Waals surface area contributed by atoms with Crippen LogP contribution < -0.4 is 0 Å². The van der Waals surface area contributed by atoms with Gasteiger partial charge >= 0.3 is 0 Å². The van der Waals surface area contributed by atoms with Gasteiger partial charge in [-0.05, 0) is 61.1 Å². The molecule has 0 bridgehead atoms. The Kier molecular flexibility index (Phi) is 3.59. The number of hydrogen-bond acceptors (Lipinski definition) is 2. The molecule has 0 heterocycles. The first kappa shape index (κ1) is 13.9. The first-order valence-electron chi connectivity index (χ1n) is 7.81. The lowest BCUT2D eigenvalue weighted by atomic mass is 9.62. The number of nitriles is 1. The Morgan fingerprint density at radius 2 is 2.19 bits per heavy atom. The standard InChI is InChI=1S/C19H21NO/c1-3-19-10-9-17(21-4-2)12-16(19)7-6-15-11-14(13-20)5-8-18(15)19/h5,7-8,11-12H,3-4,6,9-10H2,1-2H3. The largest absolute Gasteiger partial charge is 0.498 e. The van der Waals surface area contributed by atoms with Gasteiger partial charge in [0.2, 0.25) is 0 Å². The van der Waals surface area contributed by atoms with E-state index in [0.29, 0.717) is 0 Å². The number of allylic oxidation sites excluding steroid dienone is 4. The van der Waals surface area contributed by atoms with Crippen LogP contribution in [-0.2, 0) is 16.6 Å². The van der Waals surface area contributed by atoms with Crippen LogP contribution in [0.5, 0.6) is 0 Å². The normalized spacial score (nSPS) is 23.3. The predicted molar refractivity (Wildman–Crippen MR) is 83.9 cm³/mol. The summed E-state index contributed by atoms with van der Waals surface area (Å²) in [6, 6.07) is 8.44. The summed E-state index contributed by atoms with van der Waals surface area (Å²) in [6.07, 6.45) is 8.67. The molecule has 0 aromatic heterocycles. The SMILES string of the molecule is CCOC1=CC2=CCc3cc(C#N)ccc3C2(CC)CC1. The van der Waals surface area contributed by atoms with Crippen LogP contribution in [0.4, 0.5) is 0 Å². The molecular weight excluding hydrogens is 258 g/mol. The second-order valence-electron chi connectivity index (χ2n) is 5.83. The number of fused-ring (bicyclic) bond motifs is 3. The molecule has 0 saturated carbocycles. The van der Waals surface area contributed by atoms with Gasteiger partial charge in [0, 0.05) is 11.8 Å². The van der Waals surface area contributed by atoms with Crippen LogP contribution in [0.2, 0.25) is 0 Å². The van der Waals surface area contributed by atoms with Gasteiger partial charge in [0.1, 0.15) is 0 Å². The van der Waals surface area contributed by atoms with Crippen molar-refractivity contribution in [3.63, 3.8) is 0 Å². The fourth-order valence-corrected chi connectivity index (χ4v) is 3.80. The van der Waals surface area contributed by atoms with E-state index in [9.17, 15) is 0 Å². The Hall–Kier alpha value is -2.01. The zero-order chi connectivity index (χ0) is 14.9. The fraction of sp³-hybridized carbons (Fsp3) is 0.421. The molecule has 21 heavy (non-hydrogen) atoms. The summed E-state index contributed by atoms with van der Waals surface area (Å²) in [5, 5.41) is 9.10. The van der Waals surface area contributed by atoms with Gasteiger partial charge in [-0.15, -0.1) is 0 Å². The number of nitrogens with zero attached hydrogens (tertiary/aromatic N) is 1. The lowest BCUT2D eigenvalue weighted by Gasteiger charge is -2.42. The molecule has 2 aliphatic carbocycles. The molecule has 0 aliphatic heterocycles. The first-order valence-corrected chi connectivity index (χ1v) is 7.81. The Bertz CT molecular complexity index is 663. The van der Waals surface area contributed by atoms with Crippen molar-refractivity contribution in [1.82, 2.24) is 0 Å². The van der Waals surface area contributed by atoms with Gasteiger partial charge in [-0.1, -0.05) is 19.1 Å². The van der Waals surface area contributed by atoms with E-state index >= 15 is 0 Å². The highest BCUT2D eigenvalue weighted by Crippen LogP contribution is 2.48. The van der Waals surface area contributed by atoms with Crippen molar-refractivity contribution in [2.24, 2.45) is 0 Å². The molecule has 0 N–H and O–H groups in total. The molecule has 3 rings (SSSR count). The zero-order valence-corrected chi connectivity index (χ0v) is 12.8. The van der Waals surface area contributed by atoms with Gasteiger partial charge in [0.05, 0.1) is 24.0 Å². The molecule has 0 fully saturated rings. The van der Waals surface area contributed by atoms with Crippen LogP contribution in [0.3, 0.4) is 0 Å². The summed E-state index contributed by atoms with van der Waals surface area (Å²) in [7, 11) is 0. The fourth-order valence-electron chi connectivity index (χ4n) is 3.80. The van der Waals surface area contributed by atoms with Gasteiger partial charge < -0.3 is 4.74 Å². The molecule has 0 spiro atoms. The van der Waals surface area contributed by atoms with E-state index < -0.39 is 0 Å². The van der Waals surface area contributed by atoms with E-state index in [0.717, 1.165) is 43.6 Å². The van der Waals surface area contributed by atoms with E-state index in [1.165, 1.54) is 16.7 Å². The van der Waals surface area contributed by atoms with Gasteiger partial charge in [0.15, 0.2) is 0 Å². The van der Waals surface area contributed by atoms with E-state index in [-0.39, 0.29) is 5.41 Å².